The number of hydrogen-bond acceptors (Lipinski definition) is 1. The highest BCUT2D eigenvalue weighted by Gasteiger charge is 2.62. The van der Waals surface area contributed by atoms with Gasteiger partial charge in [-0.1, -0.05) is 42.4 Å². The van der Waals surface area contributed by atoms with E-state index in [4.69, 9.17) is 0 Å². The van der Waals surface area contributed by atoms with E-state index in [9.17, 15) is 30.7 Å². The molecule has 0 N–H and O–H groups in total. The topological polar surface area (TPSA) is 9.23 Å². The second-order valence-corrected chi connectivity index (χ2v) is 5.48. The van der Waals surface area contributed by atoms with Crippen molar-refractivity contribution in [1.29, 1.82) is 0 Å². The summed E-state index contributed by atoms with van der Waals surface area (Å²) in [5.41, 5.74) is 0. The van der Waals surface area contributed by atoms with E-state index in [-0.39, 0.29) is 6.42 Å². The van der Waals surface area contributed by atoms with E-state index in [1.165, 1.54) is 22.6 Å². The highest BCUT2D eigenvalue weighted by molar-refractivity contribution is 14.1. The molecule has 0 aliphatic carbocycles. The van der Waals surface area contributed by atoms with Gasteiger partial charge in [0.15, 0.2) is 0 Å². The number of ether oxygens (including phenoxy) is 1. The highest BCUT2D eigenvalue weighted by atomic mass is 127. The van der Waals surface area contributed by atoms with Crippen LogP contribution in [-0.4, -0.2) is 22.3 Å². The quantitative estimate of drug-likeness (QED) is 0.344. The van der Waals surface area contributed by atoms with Crippen LogP contribution in [-0.2, 0) is 4.74 Å². The average molecular weight is 396 g/mol. The normalized spacial score (nSPS) is 18.5. The number of alkyl halides is 8. The van der Waals surface area contributed by atoms with Gasteiger partial charge in [-0.05, 0) is 6.42 Å². The van der Waals surface area contributed by atoms with E-state index in [0.29, 0.717) is 12.8 Å². The van der Waals surface area contributed by atoms with Crippen molar-refractivity contribution in [2.75, 3.05) is 0 Å². The van der Waals surface area contributed by atoms with Crippen molar-refractivity contribution in [2.24, 2.45) is 0 Å². The van der Waals surface area contributed by atoms with Crippen molar-refractivity contribution in [3.05, 3.63) is 0 Å². The summed E-state index contributed by atoms with van der Waals surface area (Å²) in [5, 5.41) is 0. The summed E-state index contributed by atoms with van der Waals surface area (Å²) in [5.74, 6) is -4.69. The largest absolute Gasteiger partial charge is 0.525 e. The summed E-state index contributed by atoms with van der Waals surface area (Å²) in [7, 11) is 0. The van der Waals surface area contributed by atoms with Crippen LogP contribution in [0.15, 0.2) is 0 Å². The molecule has 110 valence electrons. The molecule has 0 saturated carbocycles. The molecule has 0 aliphatic heterocycles. The lowest BCUT2D eigenvalue weighted by Gasteiger charge is -2.30. The Kier molecular flexibility index (Phi) is 6.65. The molecule has 0 rings (SSSR count). The van der Waals surface area contributed by atoms with Gasteiger partial charge >= 0.3 is 18.4 Å². The monoisotopic (exact) mass is 396 g/mol. The zero-order valence-corrected chi connectivity index (χ0v) is 11.5. The maximum Gasteiger partial charge on any atom is 0.525 e. The molecule has 0 aliphatic rings. The smallest absolute Gasteiger partial charge is 0.245 e. The van der Waals surface area contributed by atoms with E-state index >= 15 is 0 Å². The molecule has 0 heterocycles. The molecule has 0 spiro atoms. The molecule has 0 aromatic heterocycles. The molecule has 0 unspecified atom stereocenters. The predicted octanol–water partition coefficient (Wildman–Crippen LogP) is 5.13. The van der Waals surface area contributed by atoms with Gasteiger partial charge in [-0.2, -0.15) is 13.2 Å². The van der Waals surface area contributed by atoms with Crippen LogP contribution < -0.4 is 0 Å². The van der Waals surface area contributed by atoms with Crippen LogP contribution in [0.1, 0.15) is 32.6 Å². The van der Waals surface area contributed by atoms with Gasteiger partial charge in [0.25, 0.3) is 0 Å². The Hall–Kier alpha value is 0.200. The summed E-state index contributed by atoms with van der Waals surface area (Å²) in [4.78, 5) is 0. The summed E-state index contributed by atoms with van der Waals surface area (Å²) in [6.45, 7) is 1.77. The zero-order chi connectivity index (χ0) is 14.6. The molecule has 0 aromatic carbocycles. The molecule has 1 nitrogen and oxygen atoms in total. The second-order valence-electron chi connectivity index (χ2n) is 3.72. The van der Waals surface area contributed by atoms with Crippen LogP contribution in [0, 0.1) is 0 Å². The SMILES string of the molecule is CCCC[C@@H](I)C[C@@](F)(OC(F)(F)F)C(F)(F)F. The van der Waals surface area contributed by atoms with Gasteiger partial charge in [-0.3, -0.25) is 0 Å². The lowest BCUT2D eigenvalue weighted by molar-refractivity contribution is -0.448. The molecule has 0 saturated heterocycles. The highest BCUT2D eigenvalue weighted by Crippen LogP contribution is 2.44. The van der Waals surface area contributed by atoms with Gasteiger partial charge < -0.3 is 0 Å². The Bertz CT molecular complexity index is 252. The predicted molar refractivity (Wildman–Crippen MR) is 59.0 cm³/mol. The first-order valence-electron chi connectivity index (χ1n) is 5.08. The molecule has 18 heavy (non-hydrogen) atoms. The van der Waals surface area contributed by atoms with Gasteiger partial charge in [-0.25, -0.2) is 9.13 Å². The molecule has 0 fully saturated rings. The van der Waals surface area contributed by atoms with Crippen LogP contribution in [0.2, 0.25) is 0 Å². The lowest BCUT2D eigenvalue weighted by Crippen LogP contribution is -2.48. The minimum atomic E-state index is -5.72. The first-order valence-corrected chi connectivity index (χ1v) is 6.32. The van der Waals surface area contributed by atoms with E-state index in [1.807, 2.05) is 0 Å². The van der Waals surface area contributed by atoms with Gasteiger partial charge in [0.2, 0.25) is 0 Å². The molecule has 0 bridgehead atoms. The van der Waals surface area contributed by atoms with Crippen LogP contribution in [0.5, 0.6) is 0 Å². The fraction of sp³-hybridized carbons (Fsp3) is 1.00. The molecule has 0 radical (unpaired) electrons. The lowest BCUT2D eigenvalue weighted by atomic mass is 10.1. The summed E-state index contributed by atoms with van der Waals surface area (Å²) in [6.07, 6.45) is -11.4. The van der Waals surface area contributed by atoms with E-state index in [2.05, 4.69) is 4.74 Å². The van der Waals surface area contributed by atoms with E-state index in [0.717, 1.165) is 0 Å². The molecule has 0 amide bonds. The number of unbranched alkanes of at least 4 members (excludes halogenated alkanes) is 1. The number of halogens is 8. The van der Waals surface area contributed by atoms with Crippen molar-refractivity contribution < 1.29 is 35.5 Å². The van der Waals surface area contributed by atoms with Crippen molar-refractivity contribution in [3.63, 3.8) is 0 Å². The van der Waals surface area contributed by atoms with Crippen LogP contribution in [0.3, 0.4) is 0 Å². The zero-order valence-electron chi connectivity index (χ0n) is 9.34. The molecular formula is C9H12F7IO. The van der Waals surface area contributed by atoms with Gasteiger partial charge in [-0.15, -0.1) is 13.2 Å². The minimum absolute atomic E-state index is 0.194. The molecule has 9 heteroatoms. The van der Waals surface area contributed by atoms with E-state index < -0.39 is 28.7 Å². The van der Waals surface area contributed by atoms with Crippen molar-refractivity contribution in [3.8, 4) is 0 Å². The van der Waals surface area contributed by atoms with Crippen LogP contribution in [0.25, 0.3) is 0 Å². The van der Waals surface area contributed by atoms with Gasteiger partial charge in [0, 0.05) is 10.3 Å². The average Bonchev–Trinajstić information content (AvgIpc) is 2.09. The Labute approximate surface area is 113 Å². The molecule has 0 aromatic rings. The standard InChI is InChI=1S/C9H12F7IO/c1-2-3-4-6(17)5-7(10,8(11,12)13)18-9(14,15)16/h6H,2-5H2,1H3/t6-,7-/m1/s1. The summed E-state index contributed by atoms with van der Waals surface area (Å²) in [6, 6.07) is 0. The Morgan fingerprint density at radius 3 is 1.89 bits per heavy atom. The molecular weight excluding hydrogens is 384 g/mol. The Morgan fingerprint density at radius 1 is 1.06 bits per heavy atom. The maximum atomic E-state index is 13.4. The molecule has 2 atom stereocenters. The third-order valence-corrected chi connectivity index (χ3v) is 3.12. The summed E-state index contributed by atoms with van der Waals surface area (Å²) < 4.78 is 87.6. The van der Waals surface area contributed by atoms with Crippen LogP contribution in [0.4, 0.5) is 30.7 Å². The van der Waals surface area contributed by atoms with Crippen molar-refractivity contribution in [2.45, 2.75) is 54.9 Å². The van der Waals surface area contributed by atoms with Gasteiger partial charge in [0.1, 0.15) is 0 Å². The Balaban J connectivity index is 4.79. The third-order valence-electron chi connectivity index (χ3n) is 2.06. The minimum Gasteiger partial charge on any atom is -0.245 e. The fourth-order valence-electron chi connectivity index (χ4n) is 1.21. The van der Waals surface area contributed by atoms with Crippen molar-refractivity contribution >= 4 is 22.6 Å². The second kappa shape index (κ2) is 6.58. The van der Waals surface area contributed by atoms with Crippen molar-refractivity contribution in [1.82, 2.24) is 0 Å². The Morgan fingerprint density at radius 2 is 1.56 bits per heavy atom. The maximum absolute atomic E-state index is 13.4. The van der Waals surface area contributed by atoms with E-state index in [1.54, 1.807) is 6.92 Å². The first kappa shape index (κ1) is 18.2. The first-order chi connectivity index (χ1) is 7.91. The third kappa shape index (κ3) is 6.39. The summed E-state index contributed by atoms with van der Waals surface area (Å²) >= 11 is 1.49. The van der Waals surface area contributed by atoms with Crippen LogP contribution >= 0.6 is 22.6 Å². The number of hydrogen-bond donors (Lipinski definition) is 0. The number of rotatable bonds is 6. The van der Waals surface area contributed by atoms with Gasteiger partial charge in [0.05, 0.1) is 0 Å². The fourth-order valence-corrected chi connectivity index (χ4v) is 2.22.